The van der Waals surface area contributed by atoms with Crippen LogP contribution in [0.4, 0.5) is 5.69 Å². The molecular weight excluding hydrogens is 270 g/mol. The summed E-state index contributed by atoms with van der Waals surface area (Å²) in [6.07, 6.45) is 0. The van der Waals surface area contributed by atoms with E-state index in [0.717, 1.165) is 5.56 Å². The number of amides is 1. The van der Waals surface area contributed by atoms with Gasteiger partial charge in [-0.3, -0.25) is 4.79 Å². The molecule has 2 aromatic carbocycles. The van der Waals surface area contributed by atoms with Crippen molar-refractivity contribution in [3.63, 3.8) is 0 Å². The average Bonchev–Trinajstić information content (AvgIpc) is 2.41. The maximum atomic E-state index is 12.2. The van der Waals surface area contributed by atoms with Crippen LogP contribution in [0.25, 0.3) is 0 Å². The van der Waals surface area contributed by atoms with Crippen LogP contribution in [-0.2, 0) is 0 Å². The van der Waals surface area contributed by atoms with Crippen molar-refractivity contribution in [2.75, 3.05) is 5.32 Å². The monoisotopic (exact) mass is 285 g/mol. The molecule has 0 radical (unpaired) electrons. The van der Waals surface area contributed by atoms with E-state index in [1.165, 1.54) is 18.2 Å². The van der Waals surface area contributed by atoms with Gasteiger partial charge in [0.25, 0.3) is 5.91 Å². The molecule has 0 aliphatic heterocycles. The van der Waals surface area contributed by atoms with Gasteiger partial charge in [0.15, 0.2) is 0 Å². The number of nitrogens with one attached hydrogen (secondary N) is 1. The molecule has 1 amide bonds. The number of carboxylic acids is 1. The molecule has 108 valence electrons. The SMILES string of the molecule is Cc1cc(C)c(NC(=O)c2ccccc2O)c(C(=O)O)c1. The van der Waals surface area contributed by atoms with Crippen molar-refractivity contribution in [2.24, 2.45) is 0 Å². The number of rotatable bonds is 3. The van der Waals surface area contributed by atoms with Gasteiger partial charge < -0.3 is 15.5 Å². The molecule has 0 atom stereocenters. The Morgan fingerprint density at radius 1 is 1.05 bits per heavy atom. The van der Waals surface area contributed by atoms with Crippen molar-refractivity contribution in [1.82, 2.24) is 0 Å². The number of hydrogen-bond donors (Lipinski definition) is 3. The molecule has 0 fully saturated rings. The van der Waals surface area contributed by atoms with E-state index in [2.05, 4.69) is 5.32 Å². The fourth-order valence-electron chi connectivity index (χ4n) is 2.15. The summed E-state index contributed by atoms with van der Waals surface area (Å²) in [5.74, 6) is -1.83. The Morgan fingerprint density at radius 3 is 2.33 bits per heavy atom. The number of aromatic hydroxyl groups is 1. The van der Waals surface area contributed by atoms with Gasteiger partial charge in [-0.1, -0.05) is 18.2 Å². The summed E-state index contributed by atoms with van der Waals surface area (Å²) in [4.78, 5) is 23.5. The number of anilines is 1. The van der Waals surface area contributed by atoms with Crippen LogP contribution >= 0.6 is 0 Å². The maximum absolute atomic E-state index is 12.2. The second kappa shape index (κ2) is 5.66. The highest BCUT2D eigenvalue weighted by atomic mass is 16.4. The number of carbonyl (C=O) groups is 2. The van der Waals surface area contributed by atoms with Crippen molar-refractivity contribution in [3.05, 3.63) is 58.7 Å². The van der Waals surface area contributed by atoms with Crippen molar-refractivity contribution in [3.8, 4) is 5.75 Å². The number of carbonyl (C=O) groups excluding carboxylic acids is 1. The highest BCUT2D eigenvalue weighted by molar-refractivity contribution is 6.09. The first-order valence-corrected chi connectivity index (χ1v) is 6.34. The van der Waals surface area contributed by atoms with Crippen molar-refractivity contribution >= 4 is 17.6 Å². The molecule has 0 bridgehead atoms. The number of phenols is 1. The molecular formula is C16H15NO4. The van der Waals surface area contributed by atoms with Crippen LogP contribution in [0.3, 0.4) is 0 Å². The second-order valence-electron chi connectivity index (χ2n) is 4.78. The Kier molecular flexibility index (Phi) is 3.93. The van der Waals surface area contributed by atoms with E-state index in [0.29, 0.717) is 5.56 Å². The van der Waals surface area contributed by atoms with E-state index in [9.17, 15) is 19.8 Å². The zero-order valence-corrected chi connectivity index (χ0v) is 11.7. The first kappa shape index (κ1) is 14.6. The summed E-state index contributed by atoms with van der Waals surface area (Å²) >= 11 is 0. The summed E-state index contributed by atoms with van der Waals surface area (Å²) in [7, 11) is 0. The van der Waals surface area contributed by atoms with Gasteiger partial charge in [0.1, 0.15) is 5.75 Å². The first-order chi connectivity index (χ1) is 9.90. The predicted molar refractivity (Wildman–Crippen MR) is 78.9 cm³/mol. The van der Waals surface area contributed by atoms with Gasteiger partial charge in [0.2, 0.25) is 0 Å². The minimum Gasteiger partial charge on any atom is -0.507 e. The summed E-state index contributed by atoms with van der Waals surface area (Å²) < 4.78 is 0. The van der Waals surface area contributed by atoms with Crippen LogP contribution < -0.4 is 5.32 Å². The number of benzene rings is 2. The van der Waals surface area contributed by atoms with Gasteiger partial charge in [-0.15, -0.1) is 0 Å². The van der Waals surface area contributed by atoms with E-state index < -0.39 is 11.9 Å². The standard InChI is InChI=1S/C16H15NO4/c1-9-7-10(2)14(12(8-9)16(20)21)17-15(19)11-5-3-4-6-13(11)18/h3-8,18H,1-2H3,(H,17,19)(H,20,21). The van der Waals surface area contributed by atoms with E-state index in [1.54, 1.807) is 32.0 Å². The fourth-order valence-corrected chi connectivity index (χ4v) is 2.15. The zero-order chi connectivity index (χ0) is 15.6. The first-order valence-electron chi connectivity index (χ1n) is 6.34. The Labute approximate surface area is 121 Å². The topological polar surface area (TPSA) is 86.6 Å². The molecule has 0 unspecified atom stereocenters. The molecule has 0 aliphatic rings. The summed E-state index contributed by atoms with van der Waals surface area (Å²) in [6.45, 7) is 3.51. The largest absolute Gasteiger partial charge is 0.507 e. The minimum absolute atomic E-state index is 0.0243. The van der Waals surface area contributed by atoms with Gasteiger partial charge in [-0.2, -0.15) is 0 Å². The quantitative estimate of drug-likeness (QED) is 0.809. The zero-order valence-electron chi connectivity index (χ0n) is 11.7. The lowest BCUT2D eigenvalue weighted by atomic mass is 10.0. The van der Waals surface area contributed by atoms with E-state index in [1.807, 2.05) is 0 Å². The summed E-state index contributed by atoms with van der Waals surface area (Å²) in [5, 5.41) is 21.5. The lowest BCUT2D eigenvalue weighted by molar-refractivity contribution is 0.0698. The predicted octanol–water partition coefficient (Wildman–Crippen LogP) is 2.96. The van der Waals surface area contributed by atoms with E-state index >= 15 is 0 Å². The second-order valence-corrected chi connectivity index (χ2v) is 4.78. The lowest BCUT2D eigenvalue weighted by Crippen LogP contribution is -2.16. The van der Waals surface area contributed by atoms with Crippen LogP contribution in [0, 0.1) is 13.8 Å². The Bertz CT molecular complexity index is 722. The molecule has 0 aromatic heterocycles. The van der Waals surface area contributed by atoms with Crippen LogP contribution in [-0.4, -0.2) is 22.1 Å². The van der Waals surface area contributed by atoms with Crippen molar-refractivity contribution in [2.45, 2.75) is 13.8 Å². The Hall–Kier alpha value is -2.82. The fraction of sp³-hybridized carbons (Fsp3) is 0.125. The number of para-hydroxylation sites is 1. The summed E-state index contributed by atoms with van der Waals surface area (Å²) in [5.41, 5.74) is 1.80. The third kappa shape index (κ3) is 3.02. The van der Waals surface area contributed by atoms with Crippen LogP contribution in [0.5, 0.6) is 5.75 Å². The van der Waals surface area contributed by atoms with Gasteiger partial charge in [-0.25, -0.2) is 4.79 Å². The van der Waals surface area contributed by atoms with Gasteiger partial charge >= 0.3 is 5.97 Å². The Balaban J connectivity index is 2.42. The molecule has 0 spiro atoms. The van der Waals surface area contributed by atoms with Crippen LogP contribution in [0.2, 0.25) is 0 Å². The smallest absolute Gasteiger partial charge is 0.337 e. The van der Waals surface area contributed by atoms with Crippen LogP contribution in [0.1, 0.15) is 31.8 Å². The Morgan fingerprint density at radius 2 is 1.71 bits per heavy atom. The third-order valence-corrected chi connectivity index (χ3v) is 3.10. The normalized spacial score (nSPS) is 10.2. The molecule has 2 rings (SSSR count). The highest BCUT2D eigenvalue weighted by Gasteiger charge is 2.17. The third-order valence-electron chi connectivity index (χ3n) is 3.10. The molecule has 0 aliphatic carbocycles. The number of hydrogen-bond acceptors (Lipinski definition) is 3. The molecule has 0 heterocycles. The molecule has 3 N–H and O–H groups in total. The minimum atomic E-state index is -1.12. The number of aromatic carboxylic acids is 1. The van der Waals surface area contributed by atoms with E-state index in [-0.39, 0.29) is 22.6 Å². The molecule has 5 heteroatoms. The molecule has 5 nitrogen and oxygen atoms in total. The van der Waals surface area contributed by atoms with Crippen LogP contribution in [0.15, 0.2) is 36.4 Å². The van der Waals surface area contributed by atoms with Crippen molar-refractivity contribution < 1.29 is 19.8 Å². The van der Waals surface area contributed by atoms with E-state index in [4.69, 9.17) is 0 Å². The number of aryl methyl sites for hydroxylation is 2. The van der Waals surface area contributed by atoms with Gasteiger partial charge in [0, 0.05) is 0 Å². The van der Waals surface area contributed by atoms with Gasteiger partial charge in [0.05, 0.1) is 16.8 Å². The summed E-state index contributed by atoms with van der Waals surface area (Å²) in [6, 6.07) is 9.37. The van der Waals surface area contributed by atoms with Crippen molar-refractivity contribution in [1.29, 1.82) is 0 Å². The average molecular weight is 285 g/mol. The lowest BCUT2D eigenvalue weighted by Gasteiger charge is -2.13. The van der Waals surface area contributed by atoms with Gasteiger partial charge in [-0.05, 0) is 43.2 Å². The molecule has 0 saturated carbocycles. The number of phenolic OH excluding ortho intramolecular Hbond substituents is 1. The highest BCUT2D eigenvalue weighted by Crippen LogP contribution is 2.25. The molecule has 21 heavy (non-hydrogen) atoms. The molecule has 0 saturated heterocycles. The molecule has 2 aromatic rings. The number of carboxylic acid groups (broad SMARTS) is 1. The maximum Gasteiger partial charge on any atom is 0.337 e.